The molecule has 0 spiro atoms. The largest absolute Gasteiger partial charge is 0.463 e. The van der Waals surface area contributed by atoms with Gasteiger partial charge < -0.3 is 31.6 Å². The van der Waals surface area contributed by atoms with Gasteiger partial charge in [-0.1, -0.05) is 74.8 Å². The molecule has 11 heteroatoms. The van der Waals surface area contributed by atoms with Crippen molar-refractivity contribution in [1.29, 1.82) is 0 Å². The predicted molar refractivity (Wildman–Crippen MR) is 192 cm³/mol. The summed E-state index contributed by atoms with van der Waals surface area (Å²) in [5, 5.41) is 6.89. The van der Waals surface area contributed by atoms with Crippen molar-refractivity contribution in [2.75, 3.05) is 25.9 Å². The second-order valence-corrected chi connectivity index (χ2v) is 14.2. The maximum absolute atomic E-state index is 14.4. The third kappa shape index (κ3) is 5.94. The summed E-state index contributed by atoms with van der Waals surface area (Å²) in [5.41, 5.74) is 10.5. The molecule has 50 heavy (non-hydrogen) atoms. The number of aliphatic imine (C=N–C) groups is 1. The number of nitrogens with zero attached hydrogens (tertiary/aromatic N) is 2. The van der Waals surface area contributed by atoms with Crippen LogP contribution in [-0.2, 0) is 14.3 Å². The molecular formula is C39H50N6O5. The Labute approximate surface area is 294 Å². The number of ketones is 2. The number of benzene rings is 1. The Hall–Kier alpha value is -4.35. The monoisotopic (exact) mass is 682 g/mol. The second-order valence-electron chi connectivity index (χ2n) is 14.2. The van der Waals surface area contributed by atoms with E-state index in [2.05, 4.69) is 39.7 Å². The van der Waals surface area contributed by atoms with Crippen LogP contribution in [0.5, 0.6) is 0 Å². The zero-order chi connectivity index (χ0) is 35.7. The molecule has 1 aromatic carbocycles. The van der Waals surface area contributed by atoms with E-state index in [0.717, 1.165) is 56.2 Å². The molecule has 2 heterocycles. The Bertz CT molecular complexity index is 1730. The van der Waals surface area contributed by atoms with Crippen LogP contribution >= 0.6 is 0 Å². The summed E-state index contributed by atoms with van der Waals surface area (Å²) >= 11 is 0. The Morgan fingerprint density at radius 3 is 2.52 bits per heavy atom. The molecule has 11 nitrogen and oxygen atoms in total. The first-order valence-electron chi connectivity index (χ1n) is 17.9. The lowest BCUT2D eigenvalue weighted by Crippen LogP contribution is -2.51. The topological polar surface area (TPSA) is 174 Å². The average molecular weight is 683 g/mol. The van der Waals surface area contributed by atoms with Gasteiger partial charge in [-0.05, 0) is 62.8 Å². The van der Waals surface area contributed by atoms with E-state index in [4.69, 9.17) is 20.9 Å². The molecule has 3 aliphatic carbocycles. The lowest BCUT2D eigenvalue weighted by molar-refractivity contribution is -0.149. The highest BCUT2D eigenvalue weighted by Gasteiger charge is 2.85. The quantitative estimate of drug-likeness (QED) is 0.0605. The number of esters is 1. The number of rotatable bonds is 12. The summed E-state index contributed by atoms with van der Waals surface area (Å²) in [6.07, 6.45) is 13.5. The van der Waals surface area contributed by atoms with Gasteiger partial charge in [-0.15, -0.1) is 0 Å². The van der Waals surface area contributed by atoms with Crippen LogP contribution in [0.3, 0.4) is 0 Å². The fraction of sp³-hybridized carbons (Fsp3) is 0.513. The minimum atomic E-state index is -2.04. The van der Waals surface area contributed by atoms with E-state index in [1.807, 2.05) is 32.1 Å². The zero-order valence-corrected chi connectivity index (χ0v) is 29.5. The number of anilines is 1. The molecule has 1 saturated heterocycles. The van der Waals surface area contributed by atoms with Crippen LogP contribution in [0.4, 0.5) is 5.82 Å². The molecule has 0 bridgehead atoms. The minimum absolute atomic E-state index is 0.0233. The lowest BCUT2D eigenvalue weighted by atomic mass is 9.68. The Morgan fingerprint density at radius 1 is 1.14 bits per heavy atom. The second kappa shape index (κ2) is 14.1. The van der Waals surface area contributed by atoms with Crippen LogP contribution in [0.1, 0.15) is 98.0 Å². The molecule has 6 atom stereocenters. The normalized spacial score (nSPS) is 29.2. The van der Waals surface area contributed by atoms with Crippen molar-refractivity contribution in [2.24, 2.45) is 28.0 Å². The van der Waals surface area contributed by atoms with Crippen LogP contribution in [-0.4, -0.2) is 65.9 Å². The first-order chi connectivity index (χ1) is 24.1. The fourth-order valence-electron chi connectivity index (χ4n) is 8.63. The summed E-state index contributed by atoms with van der Waals surface area (Å²) in [5.74, 6) is -0.638. The summed E-state index contributed by atoms with van der Waals surface area (Å²) in [6, 6.07) is 10.1. The average Bonchev–Trinajstić information content (AvgIpc) is 3.60. The van der Waals surface area contributed by atoms with Gasteiger partial charge in [0.05, 0.1) is 12.6 Å². The molecule has 0 radical (unpaired) electrons. The Kier molecular flexibility index (Phi) is 10.0. The maximum Gasteiger partial charge on any atom is 0.350 e. The number of aromatic nitrogens is 1. The number of guanidine groups is 1. The van der Waals surface area contributed by atoms with Crippen molar-refractivity contribution in [3.63, 3.8) is 0 Å². The number of carbonyl (C=O) groups is 3. The Balaban J connectivity index is 1.34. The van der Waals surface area contributed by atoms with Crippen molar-refractivity contribution in [1.82, 2.24) is 15.6 Å². The molecule has 6 unspecified atom stereocenters. The van der Waals surface area contributed by atoms with Crippen LogP contribution < -0.4 is 22.1 Å². The number of fused-ring (bicyclic) bond motifs is 2. The molecule has 1 aliphatic heterocycles. The van der Waals surface area contributed by atoms with Crippen molar-refractivity contribution in [3.05, 3.63) is 83.1 Å². The smallest absolute Gasteiger partial charge is 0.350 e. The fourth-order valence-corrected chi connectivity index (χ4v) is 8.63. The van der Waals surface area contributed by atoms with Gasteiger partial charge in [0.25, 0.3) is 5.60 Å². The van der Waals surface area contributed by atoms with Crippen molar-refractivity contribution >= 4 is 29.3 Å². The standard InChI is InChI=1S/C39H50N6O5/c1-5-25-13-14-30(43-6-2)27(21-25)23-49-35(48)39-34(47)29-12-8-7-11-28(29)33(46)38(39,50-39)19-15-24(3)37(17-9-10-18-37)32(45-36(41)42-4)26-16-20-44-31(40)22-26/h7-8,11-16,20,22,25,27,30,32,43H,5-6,9-10,17-19,21,23H2,1-4H3,(H2,40,44)(H3,41,42,45). The van der Waals surface area contributed by atoms with E-state index >= 15 is 0 Å². The van der Waals surface area contributed by atoms with E-state index < -0.39 is 28.4 Å². The third-order valence-corrected chi connectivity index (χ3v) is 11.5. The first kappa shape index (κ1) is 35.5. The highest BCUT2D eigenvalue weighted by Crippen LogP contribution is 2.60. The number of hydrogen-bond acceptors (Lipinski definition) is 9. The van der Waals surface area contributed by atoms with Gasteiger partial charge in [-0.3, -0.25) is 14.6 Å². The van der Waals surface area contributed by atoms with Crippen LogP contribution in [0.25, 0.3) is 0 Å². The number of nitrogens with one attached hydrogen (secondary N) is 2. The number of likely N-dealkylation sites (N-methyl/N-ethyl adjacent to an activating group) is 1. The van der Waals surface area contributed by atoms with Crippen molar-refractivity contribution < 1.29 is 23.9 Å². The van der Waals surface area contributed by atoms with Gasteiger partial charge in [0, 0.05) is 48.2 Å². The number of nitrogens with two attached hydrogens (primary N) is 2. The highest BCUT2D eigenvalue weighted by molar-refractivity contribution is 6.32. The summed E-state index contributed by atoms with van der Waals surface area (Å²) < 4.78 is 12.2. The Morgan fingerprint density at radius 2 is 1.86 bits per heavy atom. The molecule has 1 saturated carbocycles. The van der Waals surface area contributed by atoms with Crippen LogP contribution in [0.2, 0.25) is 0 Å². The van der Waals surface area contributed by atoms with Gasteiger partial charge in [-0.25, -0.2) is 9.78 Å². The highest BCUT2D eigenvalue weighted by atomic mass is 16.7. The molecule has 6 N–H and O–H groups in total. The van der Waals surface area contributed by atoms with E-state index in [0.29, 0.717) is 11.7 Å². The van der Waals surface area contributed by atoms with Gasteiger partial charge >= 0.3 is 5.97 Å². The molecule has 6 rings (SSSR count). The van der Waals surface area contributed by atoms with Crippen LogP contribution in [0.15, 0.2) is 71.4 Å². The van der Waals surface area contributed by atoms with Gasteiger partial charge in [0.1, 0.15) is 5.82 Å². The van der Waals surface area contributed by atoms with E-state index in [1.54, 1.807) is 37.5 Å². The van der Waals surface area contributed by atoms with Crippen molar-refractivity contribution in [2.45, 2.75) is 89.0 Å². The number of allylic oxidation sites excluding steroid dienone is 1. The zero-order valence-electron chi connectivity index (χ0n) is 29.5. The maximum atomic E-state index is 14.4. The number of ether oxygens (including phenoxy) is 2. The molecule has 0 amide bonds. The SMILES string of the molecule is CCNC1C=CC(CC)CC1COC(=O)C12OC1(CC=C(C)C1(C(NC(N)=NC)c3ccnc(N)c3)CCCC1)C(=O)c1ccccc1C2=O. The molecule has 2 fully saturated rings. The lowest BCUT2D eigenvalue weighted by Gasteiger charge is -2.40. The number of epoxide rings is 1. The number of nitrogen functional groups attached to an aromatic ring is 1. The minimum Gasteiger partial charge on any atom is -0.463 e. The van der Waals surface area contributed by atoms with Gasteiger partial charge in [0.15, 0.2) is 17.3 Å². The first-order valence-corrected chi connectivity index (χ1v) is 17.9. The van der Waals surface area contributed by atoms with Crippen molar-refractivity contribution in [3.8, 4) is 0 Å². The van der Waals surface area contributed by atoms with E-state index in [9.17, 15) is 14.4 Å². The van der Waals surface area contributed by atoms with Gasteiger partial charge in [0.2, 0.25) is 5.78 Å². The molecular weight excluding hydrogens is 632 g/mol. The van der Waals surface area contributed by atoms with E-state index in [1.165, 1.54) is 0 Å². The molecule has 2 aromatic rings. The van der Waals surface area contributed by atoms with Gasteiger partial charge in [-0.2, -0.15) is 0 Å². The summed E-state index contributed by atoms with van der Waals surface area (Å²) in [6.45, 7) is 7.10. The number of Topliss-reactive ketones (excluding diaryl/α,β-unsaturated/α-hetero) is 2. The van der Waals surface area contributed by atoms with Crippen LogP contribution in [0, 0.1) is 17.3 Å². The number of hydrogen-bond donors (Lipinski definition) is 4. The number of pyridine rings is 1. The predicted octanol–water partition coefficient (Wildman–Crippen LogP) is 4.85. The summed E-state index contributed by atoms with van der Waals surface area (Å²) in [7, 11) is 1.63. The molecule has 1 aromatic heterocycles. The third-order valence-electron chi connectivity index (χ3n) is 11.5. The molecule has 266 valence electrons. The number of carbonyl (C=O) groups excluding carboxylic acids is 3. The summed E-state index contributed by atoms with van der Waals surface area (Å²) in [4.78, 5) is 51.2. The molecule has 4 aliphatic rings. The van der Waals surface area contributed by atoms with E-state index in [-0.39, 0.29) is 53.9 Å².